The Kier molecular flexibility index (Phi) is 4.39. The topological polar surface area (TPSA) is 131 Å². The molecule has 0 aliphatic heterocycles. The van der Waals surface area contributed by atoms with Gasteiger partial charge < -0.3 is 19.8 Å². The summed E-state index contributed by atoms with van der Waals surface area (Å²) in [4.78, 5) is 29.1. The number of hydrogen-bond donors (Lipinski definition) is 4. The van der Waals surface area contributed by atoms with E-state index in [0.29, 0.717) is 0 Å². The molecule has 0 amide bonds. The summed E-state index contributed by atoms with van der Waals surface area (Å²) in [5, 5.41) is 9.26. The SMILES string of the molecule is C[C@H](O)c1[nH]c2ccccc2[nH+]1.O=P([O-])(O)O. The molecule has 0 radical (unpaired) electrons. The van der Waals surface area contributed by atoms with Crippen molar-refractivity contribution in [2.45, 2.75) is 13.0 Å². The molecule has 0 fully saturated rings. The summed E-state index contributed by atoms with van der Waals surface area (Å²) in [5.41, 5.74) is 2.04. The van der Waals surface area contributed by atoms with Gasteiger partial charge in [0.2, 0.25) is 0 Å². The van der Waals surface area contributed by atoms with Gasteiger partial charge in [-0.15, -0.1) is 0 Å². The highest BCUT2D eigenvalue weighted by Crippen LogP contribution is 2.19. The van der Waals surface area contributed by atoms with Crippen LogP contribution < -0.4 is 9.88 Å². The number of phosphoric acid groups is 1. The standard InChI is InChI=1S/C9H10N2O.H3O4P/c1-6(12)9-10-7-4-2-3-5-8(7)11-9;1-5(2,3)4/h2-6,12H,1H3,(H,10,11);(H3,1,2,3,4)/t6-;/m0./s1. The van der Waals surface area contributed by atoms with E-state index in [1.807, 2.05) is 24.3 Å². The van der Waals surface area contributed by atoms with Crippen LogP contribution in [0.5, 0.6) is 0 Å². The zero-order valence-electron chi connectivity index (χ0n) is 8.99. The highest BCUT2D eigenvalue weighted by Gasteiger charge is 2.13. The number of H-pyrrole nitrogens is 2. The highest BCUT2D eigenvalue weighted by molar-refractivity contribution is 7.43. The summed E-state index contributed by atoms with van der Waals surface area (Å²) in [6.07, 6.45) is -0.475. The van der Waals surface area contributed by atoms with Crippen molar-refractivity contribution in [3.05, 3.63) is 30.1 Å². The van der Waals surface area contributed by atoms with Crippen molar-refractivity contribution < 1.29 is 29.3 Å². The smallest absolute Gasteiger partial charge is 0.281 e. The van der Waals surface area contributed by atoms with Crippen molar-refractivity contribution >= 4 is 18.9 Å². The fourth-order valence-electron chi connectivity index (χ4n) is 1.23. The molecule has 0 unspecified atom stereocenters. The third-order valence-electron chi connectivity index (χ3n) is 1.88. The van der Waals surface area contributed by atoms with E-state index in [1.165, 1.54) is 0 Å². The summed E-state index contributed by atoms with van der Waals surface area (Å²) in [7, 11) is -4.89. The first-order valence-corrected chi connectivity index (χ1v) is 6.25. The summed E-state index contributed by atoms with van der Waals surface area (Å²) < 4.78 is 8.77. The monoisotopic (exact) mass is 260 g/mol. The lowest BCUT2D eigenvalue weighted by atomic mass is 10.3. The van der Waals surface area contributed by atoms with Crippen LogP contribution in [-0.4, -0.2) is 19.9 Å². The second-order valence-corrected chi connectivity index (χ2v) is 4.36. The minimum atomic E-state index is -4.89. The number of hydrogen-bond acceptors (Lipinski definition) is 3. The zero-order chi connectivity index (χ0) is 13.1. The van der Waals surface area contributed by atoms with E-state index in [2.05, 4.69) is 9.97 Å². The molecule has 0 aliphatic rings. The predicted molar refractivity (Wildman–Crippen MR) is 57.5 cm³/mol. The molecule has 2 aromatic rings. The second-order valence-electron chi connectivity index (χ2n) is 3.38. The maximum atomic E-state index is 9.26. The van der Waals surface area contributed by atoms with Crippen molar-refractivity contribution in [3.8, 4) is 0 Å². The van der Waals surface area contributed by atoms with Gasteiger partial charge in [-0.25, -0.2) is 9.97 Å². The molecule has 5 N–H and O–H groups in total. The van der Waals surface area contributed by atoms with Gasteiger partial charge in [0.05, 0.1) is 0 Å². The molecule has 0 saturated carbocycles. The number of aromatic nitrogens is 2. The van der Waals surface area contributed by atoms with E-state index in [1.54, 1.807) is 6.92 Å². The Labute approximate surface area is 97.0 Å². The van der Waals surface area contributed by atoms with Crippen molar-refractivity contribution in [1.82, 2.24) is 4.98 Å². The summed E-state index contributed by atoms with van der Waals surface area (Å²) in [6.45, 7) is 1.72. The number of aliphatic hydroxyl groups excluding tert-OH is 1. The molecule has 94 valence electrons. The van der Waals surface area contributed by atoms with Crippen LogP contribution >= 0.6 is 7.82 Å². The molecule has 0 bridgehead atoms. The van der Waals surface area contributed by atoms with Gasteiger partial charge in [-0.2, -0.15) is 0 Å². The predicted octanol–water partition coefficient (Wildman–Crippen LogP) is -0.525. The van der Waals surface area contributed by atoms with Crippen molar-refractivity contribution in [2.75, 3.05) is 0 Å². The Hall–Kier alpha value is -1.24. The van der Waals surface area contributed by atoms with Crippen LogP contribution in [0.2, 0.25) is 0 Å². The van der Waals surface area contributed by atoms with E-state index in [9.17, 15) is 5.11 Å². The average molecular weight is 260 g/mol. The van der Waals surface area contributed by atoms with E-state index >= 15 is 0 Å². The van der Waals surface area contributed by atoms with Crippen LogP contribution in [-0.2, 0) is 4.57 Å². The van der Waals surface area contributed by atoms with Crippen LogP contribution in [0.1, 0.15) is 18.9 Å². The Bertz CT molecular complexity index is 492. The number of aliphatic hydroxyl groups is 1. The molecular formula is C9H13N2O5P. The molecule has 0 aliphatic carbocycles. The summed E-state index contributed by atoms with van der Waals surface area (Å²) in [6, 6.07) is 7.85. The van der Waals surface area contributed by atoms with Crippen LogP contribution in [0.4, 0.5) is 0 Å². The molecule has 7 nitrogen and oxygen atoms in total. The Morgan fingerprint density at radius 3 is 2.41 bits per heavy atom. The number of para-hydroxylation sites is 2. The molecule has 0 saturated heterocycles. The first-order valence-electron chi connectivity index (χ1n) is 4.72. The second kappa shape index (κ2) is 5.39. The molecule has 17 heavy (non-hydrogen) atoms. The molecule has 0 spiro atoms. The number of rotatable bonds is 1. The number of benzene rings is 1. The molecule has 1 aromatic heterocycles. The Morgan fingerprint density at radius 1 is 1.41 bits per heavy atom. The lowest BCUT2D eigenvalue weighted by Gasteiger charge is -2.01. The van der Waals surface area contributed by atoms with Crippen LogP contribution in [0.25, 0.3) is 11.0 Å². The Morgan fingerprint density at radius 2 is 1.94 bits per heavy atom. The minimum absolute atomic E-state index is 0.475. The molecule has 8 heteroatoms. The van der Waals surface area contributed by atoms with Gasteiger partial charge in [-0.3, -0.25) is 4.57 Å². The largest absolute Gasteiger partial charge is 0.756 e. The number of nitrogens with one attached hydrogen (secondary N) is 2. The van der Waals surface area contributed by atoms with Gasteiger partial charge in [0.1, 0.15) is 0 Å². The highest BCUT2D eigenvalue weighted by atomic mass is 31.2. The number of aromatic amines is 2. The lowest BCUT2D eigenvalue weighted by Crippen LogP contribution is -2.09. The molecular weight excluding hydrogens is 247 g/mol. The number of fused-ring (bicyclic) bond motifs is 1. The minimum Gasteiger partial charge on any atom is -0.756 e. The van der Waals surface area contributed by atoms with E-state index in [0.717, 1.165) is 16.9 Å². The molecule has 2 rings (SSSR count). The van der Waals surface area contributed by atoms with Gasteiger partial charge in [-0.1, -0.05) is 12.1 Å². The third-order valence-corrected chi connectivity index (χ3v) is 1.88. The quantitative estimate of drug-likeness (QED) is 0.512. The summed E-state index contributed by atoms with van der Waals surface area (Å²) in [5.74, 6) is 0.746. The molecule has 1 aromatic carbocycles. The van der Waals surface area contributed by atoms with Gasteiger partial charge in [0, 0.05) is 0 Å². The number of imidazole rings is 1. The maximum Gasteiger partial charge on any atom is 0.281 e. The molecule has 1 atom stereocenters. The summed E-state index contributed by atoms with van der Waals surface area (Å²) >= 11 is 0. The van der Waals surface area contributed by atoms with Crippen LogP contribution in [0, 0.1) is 0 Å². The van der Waals surface area contributed by atoms with Crippen molar-refractivity contribution in [1.29, 1.82) is 0 Å². The maximum absolute atomic E-state index is 9.26. The Balaban J connectivity index is 0.000000249. The van der Waals surface area contributed by atoms with Crippen LogP contribution in [0.15, 0.2) is 24.3 Å². The van der Waals surface area contributed by atoms with E-state index in [4.69, 9.17) is 19.2 Å². The van der Waals surface area contributed by atoms with Gasteiger partial charge in [-0.05, 0) is 19.1 Å². The lowest BCUT2D eigenvalue weighted by molar-refractivity contribution is -0.367. The van der Waals surface area contributed by atoms with E-state index in [-0.39, 0.29) is 0 Å². The van der Waals surface area contributed by atoms with E-state index < -0.39 is 13.9 Å². The third kappa shape index (κ3) is 5.08. The van der Waals surface area contributed by atoms with Crippen molar-refractivity contribution in [2.24, 2.45) is 0 Å². The first-order chi connectivity index (χ1) is 7.77. The van der Waals surface area contributed by atoms with Crippen LogP contribution in [0.3, 0.4) is 0 Å². The fourth-order valence-corrected chi connectivity index (χ4v) is 1.23. The van der Waals surface area contributed by atoms with Crippen molar-refractivity contribution in [3.63, 3.8) is 0 Å². The molecule has 1 heterocycles. The fraction of sp³-hybridized carbons (Fsp3) is 0.222. The first kappa shape index (κ1) is 13.8. The van der Waals surface area contributed by atoms with Gasteiger partial charge in [0.15, 0.2) is 17.1 Å². The van der Waals surface area contributed by atoms with Gasteiger partial charge >= 0.3 is 0 Å². The average Bonchev–Trinajstić information content (AvgIpc) is 2.58. The normalized spacial score (nSPS) is 13.0. The zero-order valence-corrected chi connectivity index (χ0v) is 9.89. The van der Waals surface area contributed by atoms with Gasteiger partial charge in [0.25, 0.3) is 13.6 Å².